The molecule has 0 saturated heterocycles. The molecule has 0 amide bonds. The van der Waals surface area contributed by atoms with Crippen LogP contribution in [0.5, 0.6) is 0 Å². The number of rotatable bonds is 3. The van der Waals surface area contributed by atoms with E-state index in [1.54, 1.807) is 0 Å². The van der Waals surface area contributed by atoms with Crippen molar-refractivity contribution in [3.63, 3.8) is 0 Å². The average Bonchev–Trinajstić information content (AvgIpc) is 2.26. The minimum atomic E-state index is 0.458. The Hall–Kier alpha value is -0.550. The van der Waals surface area contributed by atoms with Gasteiger partial charge in [0.05, 0.1) is 12.5 Å². The van der Waals surface area contributed by atoms with Crippen LogP contribution in [0.25, 0.3) is 0 Å². The SMILES string of the molecule is CNC(CC#N)C1C2CC3CC(C2)CC1C3. The van der Waals surface area contributed by atoms with E-state index in [0.717, 1.165) is 29.6 Å². The lowest BCUT2D eigenvalue weighted by molar-refractivity contribution is -0.0501. The maximum atomic E-state index is 8.93. The zero-order valence-electron chi connectivity index (χ0n) is 10.2. The van der Waals surface area contributed by atoms with Crippen molar-refractivity contribution in [1.29, 1.82) is 5.26 Å². The van der Waals surface area contributed by atoms with Crippen molar-refractivity contribution >= 4 is 0 Å². The predicted octanol–water partition coefficient (Wildman–Crippen LogP) is 2.56. The maximum Gasteiger partial charge on any atom is 0.0638 e. The summed E-state index contributed by atoms with van der Waals surface area (Å²) in [7, 11) is 2.03. The van der Waals surface area contributed by atoms with E-state index >= 15 is 0 Å². The normalized spacial score (nSPS) is 46.6. The van der Waals surface area contributed by atoms with Crippen LogP contribution < -0.4 is 5.32 Å². The zero-order chi connectivity index (χ0) is 11.1. The predicted molar refractivity (Wildman–Crippen MR) is 63.6 cm³/mol. The first-order chi connectivity index (χ1) is 7.81. The van der Waals surface area contributed by atoms with Gasteiger partial charge in [-0.2, -0.15) is 5.26 Å². The molecule has 4 aliphatic rings. The van der Waals surface area contributed by atoms with Crippen molar-refractivity contribution in [3.8, 4) is 6.07 Å². The van der Waals surface area contributed by atoms with Gasteiger partial charge < -0.3 is 5.32 Å². The second-order valence-electron chi connectivity index (χ2n) is 6.27. The molecule has 4 fully saturated rings. The average molecular weight is 218 g/mol. The molecule has 16 heavy (non-hydrogen) atoms. The van der Waals surface area contributed by atoms with Gasteiger partial charge in [-0.3, -0.25) is 0 Å². The van der Waals surface area contributed by atoms with Crippen molar-refractivity contribution in [2.24, 2.45) is 29.6 Å². The summed E-state index contributed by atoms with van der Waals surface area (Å²) >= 11 is 0. The van der Waals surface area contributed by atoms with Crippen molar-refractivity contribution in [2.75, 3.05) is 7.05 Å². The van der Waals surface area contributed by atoms with E-state index in [-0.39, 0.29) is 0 Å². The Labute approximate surface area is 98.4 Å². The summed E-state index contributed by atoms with van der Waals surface area (Å²) in [5.74, 6) is 4.75. The van der Waals surface area contributed by atoms with Gasteiger partial charge >= 0.3 is 0 Å². The second kappa shape index (κ2) is 4.04. The van der Waals surface area contributed by atoms with E-state index in [1.807, 2.05) is 7.05 Å². The molecule has 0 heterocycles. The van der Waals surface area contributed by atoms with Gasteiger partial charge in [0.2, 0.25) is 0 Å². The lowest BCUT2D eigenvalue weighted by Crippen LogP contribution is -2.52. The van der Waals surface area contributed by atoms with Gasteiger partial charge in [0.1, 0.15) is 0 Å². The number of nitriles is 1. The van der Waals surface area contributed by atoms with Crippen molar-refractivity contribution in [3.05, 3.63) is 0 Å². The number of hydrogen-bond donors (Lipinski definition) is 1. The minimum absolute atomic E-state index is 0.458. The van der Waals surface area contributed by atoms with Crippen LogP contribution in [-0.2, 0) is 0 Å². The molecular weight excluding hydrogens is 196 g/mol. The van der Waals surface area contributed by atoms with Crippen molar-refractivity contribution in [2.45, 2.75) is 44.6 Å². The molecule has 0 aromatic carbocycles. The fourth-order valence-corrected chi connectivity index (χ4v) is 5.15. The summed E-state index contributed by atoms with van der Waals surface area (Å²) in [6.45, 7) is 0. The van der Waals surface area contributed by atoms with Crippen LogP contribution >= 0.6 is 0 Å². The Balaban J connectivity index is 1.78. The molecule has 0 aromatic rings. The molecule has 88 valence electrons. The van der Waals surface area contributed by atoms with E-state index in [2.05, 4.69) is 11.4 Å². The van der Waals surface area contributed by atoms with E-state index in [9.17, 15) is 0 Å². The van der Waals surface area contributed by atoms with Gasteiger partial charge in [0.15, 0.2) is 0 Å². The van der Waals surface area contributed by atoms with E-state index in [1.165, 1.54) is 32.1 Å². The van der Waals surface area contributed by atoms with Gasteiger partial charge in [-0.15, -0.1) is 0 Å². The highest BCUT2D eigenvalue weighted by atomic mass is 14.9. The zero-order valence-corrected chi connectivity index (χ0v) is 10.2. The highest BCUT2D eigenvalue weighted by Gasteiger charge is 2.50. The molecule has 4 bridgehead atoms. The summed E-state index contributed by atoms with van der Waals surface area (Å²) in [6, 6.07) is 2.82. The molecule has 1 atom stereocenters. The maximum absolute atomic E-state index is 8.93. The van der Waals surface area contributed by atoms with Gasteiger partial charge in [-0.05, 0) is 68.7 Å². The third kappa shape index (κ3) is 1.57. The fraction of sp³-hybridized carbons (Fsp3) is 0.929. The highest BCUT2D eigenvalue weighted by molar-refractivity contribution is 5.02. The lowest BCUT2D eigenvalue weighted by atomic mass is 9.50. The molecule has 0 radical (unpaired) electrons. The first kappa shape index (κ1) is 10.6. The van der Waals surface area contributed by atoms with Crippen LogP contribution in [-0.4, -0.2) is 13.1 Å². The topological polar surface area (TPSA) is 35.8 Å². The number of hydrogen-bond acceptors (Lipinski definition) is 2. The molecular formula is C14H22N2. The number of nitrogens with zero attached hydrogens (tertiary/aromatic N) is 1. The Morgan fingerprint density at radius 2 is 1.69 bits per heavy atom. The first-order valence-corrected chi connectivity index (χ1v) is 6.86. The molecule has 4 saturated carbocycles. The Morgan fingerprint density at radius 1 is 1.12 bits per heavy atom. The van der Waals surface area contributed by atoms with E-state index < -0.39 is 0 Å². The van der Waals surface area contributed by atoms with Crippen LogP contribution in [0.15, 0.2) is 0 Å². The first-order valence-electron chi connectivity index (χ1n) is 6.86. The number of nitrogens with one attached hydrogen (secondary N) is 1. The van der Waals surface area contributed by atoms with Crippen LogP contribution in [0, 0.1) is 40.9 Å². The van der Waals surface area contributed by atoms with Gasteiger partial charge in [-0.1, -0.05) is 0 Å². The monoisotopic (exact) mass is 218 g/mol. The standard InChI is InChI=1S/C14H22N2/c1-16-13(2-3-15)14-11-5-9-4-10(7-11)8-12(14)6-9/h9-14,16H,2,4-8H2,1H3. The van der Waals surface area contributed by atoms with Crippen LogP contribution in [0.3, 0.4) is 0 Å². The van der Waals surface area contributed by atoms with E-state index in [0.29, 0.717) is 12.5 Å². The highest BCUT2D eigenvalue weighted by Crippen LogP contribution is 2.57. The Bertz CT molecular complexity index is 276. The van der Waals surface area contributed by atoms with Gasteiger partial charge in [-0.25, -0.2) is 0 Å². The third-order valence-corrected chi connectivity index (χ3v) is 5.45. The molecule has 1 N–H and O–H groups in total. The molecule has 0 spiro atoms. The largest absolute Gasteiger partial charge is 0.316 e. The van der Waals surface area contributed by atoms with Crippen LogP contribution in [0.2, 0.25) is 0 Å². The molecule has 1 unspecified atom stereocenters. The van der Waals surface area contributed by atoms with E-state index in [4.69, 9.17) is 5.26 Å². The lowest BCUT2D eigenvalue weighted by Gasteiger charge is -2.56. The van der Waals surface area contributed by atoms with Gasteiger partial charge in [0, 0.05) is 6.04 Å². The summed E-state index contributed by atoms with van der Waals surface area (Å²) in [5, 5.41) is 12.3. The smallest absolute Gasteiger partial charge is 0.0638 e. The third-order valence-electron chi connectivity index (χ3n) is 5.45. The summed E-state index contributed by atoms with van der Waals surface area (Å²) < 4.78 is 0. The molecule has 0 aliphatic heterocycles. The fourth-order valence-electron chi connectivity index (χ4n) is 5.15. The Kier molecular flexibility index (Phi) is 2.67. The van der Waals surface area contributed by atoms with Crippen LogP contribution in [0.1, 0.15) is 38.5 Å². The van der Waals surface area contributed by atoms with Crippen molar-refractivity contribution < 1.29 is 0 Å². The second-order valence-corrected chi connectivity index (χ2v) is 6.27. The molecule has 4 aliphatic carbocycles. The van der Waals surface area contributed by atoms with Crippen molar-refractivity contribution in [1.82, 2.24) is 5.32 Å². The minimum Gasteiger partial charge on any atom is -0.316 e. The molecule has 0 aromatic heterocycles. The summed E-state index contributed by atoms with van der Waals surface area (Å²) in [4.78, 5) is 0. The summed E-state index contributed by atoms with van der Waals surface area (Å²) in [6.07, 6.45) is 8.05. The summed E-state index contributed by atoms with van der Waals surface area (Å²) in [5.41, 5.74) is 0. The van der Waals surface area contributed by atoms with Gasteiger partial charge in [0.25, 0.3) is 0 Å². The molecule has 2 heteroatoms. The molecule has 2 nitrogen and oxygen atoms in total. The molecule has 4 rings (SSSR count). The quantitative estimate of drug-likeness (QED) is 0.790. The Morgan fingerprint density at radius 3 is 2.12 bits per heavy atom. The van der Waals surface area contributed by atoms with Crippen LogP contribution in [0.4, 0.5) is 0 Å².